The summed E-state index contributed by atoms with van der Waals surface area (Å²) >= 11 is 0. The van der Waals surface area contributed by atoms with Crippen LogP contribution in [0.25, 0.3) is 11.0 Å². The lowest BCUT2D eigenvalue weighted by Crippen LogP contribution is -2.25. The second-order valence-electron chi connectivity index (χ2n) is 5.99. The molecule has 0 atom stereocenters. The highest BCUT2D eigenvalue weighted by Crippen LogP contribution is 2.24. The van der Waals surface area contributed by atoms with E-state index in [1.54, 1.807) is 4.57 Å². The number of hydrogen-bond acceptors (Lipinski definition) is 5. The first-order valence-corrected chi connectivity index (χ1v) is 7.66. The molecule has 0 unspecified atom stereocenters. The molecule has 2 N–H and O–H groups in total. The highest BCUT2D eigenvalue weighted by atomic mass is 16.1. The molecule has 8 heteroatoms. The average molecular weight is 327 g/mol. The quantitative estimate of drug-likeness (QED) is 0.754. The maximum atomic E-state index is 12.6. The summed E-state index contributed by atoms with van der Waals surface area (Å²) in [7, 11) is 5.65. The van der Waals surface area contributed by atoms with Gasteiger partial charge in [0.05, 0.1) is 17.6 Å². The zero-order chi connectivity index (χ0) is 17.4. The highest BCUT2D eigenvalue weighted by Gasteiger charge is 2.18. The van der Waals surface area contributed by atoms with Gasteiger partial charge in [0.1, 0.15) is 29.3 Å². The van der Waals surface area contributed by atoms with Crippen molar-refractivity contribution in [2.45, 2.75) is 20.4 Å². The van der Waals surface area contributed by atoms with E-state index in [0.29, 0.717) is 12.2 Å². The molecule has 3 heterocycles. The molecule has 3 aromatic heterocycles. The SMILES string of the molecule is Cc1nc(CNC(=O)c2cc3c(N(C)C)ncnc3n2C)c(C)[nH]1. The molecule has 24 heavy (non-hydrogen) atoms. The van der Waals surface area contributed by atoms with Crippen LogP contribution < -0.4 is 10.2 Å². The lowest BCUT2D eigenvalue weighted by molar-refractivity contribution is 0.0942. The Kier molecular flexibility index (Phi) is 3.96. The number of rotatable bonds is 4. The number of imidazole rings is 1. The van der Waals surface area contributed by atoms with Crippen molar-refractivity contribution in [2.75, 3.05) is 19.0 Å². The Morgan fingerprint density at radius 3 is 2.71 bits per heavy atom. The summed E-state index contributed by atoms with van der Waals surface area (Å²) < 4.78 is 1.78. The van der Waals surface area contributed by atoms with Gasteiger partial charge in [-0.05, 0) is 19.9 Å². The largest absolute Gasteiger partial charge is 0.362 e. The Balaban J connectivity index is 1.88. The summed E-state index contributed by atoms with van der Waals surface area (Å²) in [5, 5.41) is 3.76. The van der Waals surface area contributed by atoms with Gasteiger partial charge in [0, 0.05) is 26.8 Å². The van der Waals surface area contributed by atoms with E-state index >= 15 is 0 Å². The van der Waals surface area contributed by atoms with Crippen molar-refractivity contribution in [3.05, 3.63) is 35.3 Å². The van der Waals surface area contributed by atoms with Crippen LogP contribution in [0.15, 0.2) is 12.4 Å². The fourth-order valence-electron chi connectivity index (χ4n) is 2.78. The minimum absolute atomic E-state index is 0.166. The number of nitrogens with zero attached hydrogens (tertiary/aromatic N) is 5. The molecular weight excluding hydrogens is 306 g/mol. The van der Waals surface area contributed by atoms with Crippen LogP contribution >= 0.6 is 0 Å². The third-order valence-electron chi connectivity index (χ3n) is 3.98. The minimum Gasteiger partial charge on any atom is -0.362 e. The first-order chi connectivity index (χ1) is 11.4. The third kappa shape index (κ3) is 2.70. The van der Waals surface area contributed by atoms with Gasteiger partial charge >= 0.3 is 0 Å². The predicted octanol–water partition coefficient (Wildman–Crippen LogP) is 1.30. The number of aromatic amines is 1. The summed E-state index contributed by atoms with van der Waals surface area (Å²) in [6, 6.07) is 1.82. The van der Waals surface area contributed by atoms with E-state index in [9.17, 15) is 4.79 Å². The van der Waals surface area contributed by atoms with E-state index in [2.05, 4.69) is 25.3 Å². The molecule has 0 bridgehead atoms. The molecule has 0 fully saturated rings. The Hall–Kier alpha value is -2.90. The number of fused-ring (bicyclic) bond motifs is 1. The number of nitrogens with one attached hydrogen (secondary N) is 2. The zero-order valence-electron chi connectivity index (χ0n) is 14.5. The topological polar surface area (TPSA) is 91.7 Å². The summed E-state index contributed by atoms with van der Waals surface area (Å²) in [4.78, 5) is 30.6. The predicted molar refractivity (Wildman–Crippen MR) is 92.1 cm³/mol. The number of aryl methyl sites for hydroxylation is 3. The van der Waals surface area contributed by atoms with Crippen molar-refractivity contribution in [1.82, 2.24) is 29.8 Å². The zero-order valence-corrected chi connectivity index (χ0v) is 14.5. The number of H-pyrrole nitrogens is 1. The molecule has 0 aliphatic heterocycles. The molecule has 8 nitrogen and oxygen atoms in total. The maximum absolute atomic E-state index is 12.6. The monoisotopic (exact) mass is 327 g/mol. The summed E-state index contributed by atoms with van der Waals surface area (Å²) in [6.45, 7) is 4.21. The van der Waals surface area contributed by atoms with E-state index in [1.807, 2.05) is 46.0 Å². The molecular formula is C16H21N7O. The number of carbonyl (C=O) groups is 1. The first kappa shape index (κ1) is 16.0. The van der Waals surface area contributed by atoms with E-state index in [-0.39, 0.29) is 5.91 Å². The van der Waals surface area contributed by atoms with E-state index in [4.69, 9.17) is 0 Å². The van der Waals surface area contributed by atoms with Gasteiger partial charge in [-0.25, -0.2) is 15.0 Å². The molecule has 0 saturated heterocycles. The van der Waals surface area contributed by atoms with Crippen LogP contribution in [-0.4, -0.2) is 44.5 Å². The van der Waals surface area contributed by atoms with Crippen LogP contribution in [0.1, 0.15) is 27.7 Å². The number of amides is 1. The molecule has 1 amide bonds. The number of anilines is 1. The van der Waals surface area contributed by atoms with Gasteiger partial charge < -0.3 is 19.8 Å². The van der Waals surface area contributed by atoms with Crippen molar-refractivity contribution in [2.24, 2.45) is 7.05 Å². The summed E-state index contributed by atoms with van der Waals surface area (Å²) in [5.74, 6) is 1.46. The normalized spacial score (nSPS) is 11.0. The van der Waals surface area contributed by atoms with Gasteiger partial charge in [-0.1, -0.05) is 0 Å². The lowest BCUT2D eigenvalue weighted by atomic mass is 10.3. The number of hydrogen-bond donors (Lipinski definition) is 2. The highest BCUT2D eigenvalue weighted by molar-refractivity contribution is 6.00. The van der Waals surface area contributed by atoms with E-state index < -0.39 is 0 Å². The van der Waals surface area contributed by atoms with Crippen molar-refractivity contribution < 1.29 is 4.79 Å². The van der Waals surface area contributed by atoms with Crippen molar-refractivity contribution in [3.63, 3.8) is 0 Å². The average Bonchev–Trinajstić information content (AvgIpc) is 3.04. The van der Waals surface area contributed by atoms with Crippen LogP contribution in [0.4, 0.5) is 5.82 Å². The standard InChI is InChI=1S/C16H21N7O/c1-9-12(21-10(2)20-9)7-17-16(24)13-6-11-14(22(3)4)18-8-19-15(11)23(13)5/h6,8H,7H2,1-5H3,(H,17,24)(H,20,21). The third-order valence-corrected chi connectivity index (χ3v) is 3.98. The van der Waals surface area contributed by atoms with Crippen molar-refractivity contribution in [3.8, 4) is 0 Å². The molecule has 0 spiro atoms. The van der Waals surface area contributed by atoms with Gasteiger partial charge in [0.15, 0.2) is 0 Å². The number of carbonyl (C=O) groups excluding carboxylic acids is 1. The van der Waals surface area contributed by atoms with Crippen molar-refractivity contribution in [1.29, 1.82) is 0 Å². The van der Waals surface area contributed by atoms with Gasteiger partial charge in [0.25, 0.3) is 5.91 Å². The van der Waals surface area contributed by atoms with Crippen LogP contribution in [-0.2, 0) is 13.6 Å². The van der Waals surface area contributed by atoms with Crippen LogP contribution in [0.3, 0.4) is 0 Å². The lowest BCUT2D eigenvalue weighted by Gasteiger charge is -2.11. The molecule has 3 rings (SSSR count). The second-order valence-corrected chi connectivity index (χ2v) is 5.99. The Morgan fingerprint density at radius 2 is 2.08 bits per heavy atom. The Morgan fingerprint density at radius 1 is 1.33 bits per heavy atom. The van der Waals surface area contributed by atoms with Crippen molar-refractivity contribution >= 4 is 22.8 Å². The fourth-order valence-corrected chi connectivity index (χ4v) is 2.78. The number of aromatic nitrogens is 5. The Labute approximate surface area is 139 Å². The molecule has 0 aromatic carbocycles. The fraction of sp³-hybridized carbons (Fsp3) is 0.375. The van der Waals surface area contributed by atoms with Gasteiger partial charge in [-0.3, -0.25) is 4.79 Å². The molecule has 0 aliphatic rings. The van der Waals surface area contributed by atoms with Crippen LogP contribution in [0.2, 0.25) is 0 Å². The molecule has 0 saturated carbocycles. The first-order valence-electron chi connectivity index (χ1n) is 7.66. The molecule has 0 aliphatic carbocycles. The molecule has 3 aromatic rings. The van der Waals surface area contributed by atoms with Crippen LogP contribution in [0.5, 0.6) is 0 Å². The summed E-state index contributed by atoms with van der Waals surface area (Å²) in [6.07, 6.45) is 1.51. The summed E-state index contributed by atoms with van der Waals surface area (Å²) in [5.41, 5.74) is 3.07. The second kappa shape index (κ2) is 5.95. The van der Waals surface area contributed by atoms with Gasteiger partial charge in [-0.2, -0.15) is 0 Å². The maximum Gasteiger partial charge on any atom is 0.268 e. The molecule has 0 radical (unpaired) electrons. The molecule has 126 valence electrons. The Bertz CT molecular complexity index is 907. The van der Waals surface area contributed by atoms with Gasteiger partial charge in [0.2, 0.25) is 0 Å². The van der Waals surface area contributed by atoms with Crippen LogP contribution in [0, 0.1) is 13.8 Å². The van der Waals surface area contributed by atoms with Gasteiger partial charge in [-0.15, -0.1) is 0 Å². The minimum atomic E-state index is -0.166. The smallest absolute Gasteiger partial charge is 0.268 e. The van der Waals surface area contributed by atoms with E-state index in [0.717, 1.165) is 34.1 Å². The van der Waals surface area contributed by atoms with E-state index in [1.165, 1.54) is 6.33 Å².